The molecule has 2 aromatic carbocycles. The van der Waals surface area contributed by atoms with Gasteiger partial charge in [-0.3, -0.25) is 0 Å². The molecule has 0 amide bonds. The number of rotatable bonds is 5. The van der Waals surface area contributed by atoms with E-state index in [1.165, 1.54) is 17.2 Å². The molecule has 0 aliphatic rings. The van der Waals surface area contributed by atoms with E-state index in [0.717, 1.165) is 5.56 Å². The van der Waals surface area contributed by atoms with E-state index in [4.69, 9.17) is 0 Å². The van der Waals surface area contributed by atoms with Gasteiger partial charge in [0.05, 0.1) is 0 Å². The standard InChI is InChI=1S/C17H19F2N/c1-12-6-3-4-9-16(12)13(2)20-11-14-7-5-8-15(10-14)17(18)19/h3-10,13,17,20H,11H2,1-2H3/t13-/m0/s1. The van der Waals surface area contributed by atoms with Gasteiger partial charge in [0.25, 0.3) is 6.43 Å². The maximum Gasteiger partial charge on any atom is 0.263 e. The first-order valence-electron chi connectivity index (χ1n) is 6.74. The molecular formula is C17H19F2N. The van der Waals surface area contributed by atoms with E-state index in [2.05, 4.69) is 31.3 Å². The Morgan fingerprint density at radius 3 is 2.50 bits per heavy atom. The van der Waals surface area contributed by atoms with E-state index in [9.17, 15) is 8.78 Å². The van der Waals surface area contributed by atoms with Crippen LogP contribution in [-0.2, 0) is 6.54 Å². The molecule has 0 aromatic heterocycles. The SMILES string of the molecule is Cc1ccccc1[C@H](C)NCc1cccc(C(F)F)c1. The van der Waals surface area contributed by atoms with Crippen LogP contribution in [0.3, 0.4) is 0 Å². The molecule has 2 aromatic rings. The number of halogens is 2. The molecule has 1 N–H and O–H groups in total. The summed E-state index contributed by atoms with van der Waals surface area (Å²) in [4.78, 5) is 0. The fraction of sp³-hybridized carbons (Fsp3) is 0.294. The van der Waals surface area contributed by atoms with Gasteiger partial charge >= 0.3 is 0 Å². The Labute approximate surface area is 118 Å². The predicted molar refractivity (Wildman–Crippen MR) is 77.8 cm³/mol. The Bertz CT molecular complexity index is 566. The van der Waals surface area contributed by atoms with Gasteiger partial charge in [-0.25, -0.2) is 8.78 Å². The van der Waals surface area contributed by atoms with Crippen molar-refractivity contribution in [2.45, 2.75) is 32.9 Å². The van der Waals surface area contributed by atoms with Gasteiger partial charge in [0.15, 0.2) is 0 Å². The Hall–Kier alpha value is -1.74. The van der Waals surface area contributed by atoms with Crippen LogP contribution in [0, 0.1) is 6.92 Å². The lowest BCUT2D eigenvalue weighted by Gasteiger charge is -2.17. The Kier molecular flexibility index (Phi) is 4.85. The average Bonchev–Trinajstić information content (AvgIpc) is 2.45. The highest BCUT2D eigenvalue weighted by Gasteiger charge is 2.09. The van der Waals surface area contributed by atoms with Crippen molar-refractivity contribution in [3.63, 3.8) is 0 Å². The van der Waals surface area contributed by atoms with Gasteiger partial charge in [0.1, 0.15) is 0 Å². The second-order valence-electron chi connectivity index (χ2n) is 5.00. The second kappa shape index (κ2) is 6.62. The summed E-state index contributed by atoms with van der Waals surface area (Å²) in [5.74, 6) is 0. The van der Waals surface area contributed by atoms with Gasteiger partial charge in [-0.1, -0.05) is 42.5 Å². The Balaban J connectivity index is 2.02. The highest BCUT2D eigenvalue weighted by Crippen LogP contribution is 2.21. The minimum Gasteiger partial charge on any atom is -0.306 e. The zero-order valence-electron chi connectivity index (χ0n) is 11.7. The summed E-state index contributed by atoms with van der Waals surface area (Å²) in [6.07, 6.45) is -2.41. The molecule has 0 aliphatic carbocycles. The van der Waals surface area contributed by atoms with E-state index in [1.54, 1.807) is 12.1 Å². The maximum atomic E-state index is 12.6. The molecule has 106 valence electrons. The molecule has 1 atom stereocenters. The second-order valence-corrected chi connectivity index (χ2v) is 5.00. The third-order valence-electron chi connectivity index (χ3n) is 3.47. The van der Waals surface area contributed by atoms with Crippen molar-refractivity contribution in [2.24, 2.45) is 0 Å². The Morgan fingerprint density at radius 1 is 1.05 bits per heavy atom. The summed E-state index contributed by atoms with van der Waals surface area (Å²) >= 11 is 0. The summed E-state index contributed by atoms with van der Waals surface area (Å²) in [6, 6.07) is 14.9. The first kappa shape index (κ1) is 14.7. The normalized spacial score (nSPS) is 12.7. The van der Waals surface area contributed by atoms with Crippen LogP contribution in [0.15, 0.2) is 48.5 Å². The van der Waals surface area contributed by atoms with E-state index < -0.39 is 6.43 Å². The van der Waals surface area contributed by atoms with Gasteiger partial charge in [-0.05, 0) is 36.6 Å². The number of benzene rings is 2. The Morgan fingerprint density at radius 2 is 1.80 bits per heavy atom. The number of hydrogen-bond donors (Lipinski definition) is 1. The number of hydrogen-bond acceptors (Lipinski definition) is 1. The molecule has 20 heavy (non-hydrogen) atoms. The van der Waals surface area contributed by atoms with Crippen LogP contribution in [0.25, 0.3) is 0 Å². The van der Waals surface area contributed by atoms with Gasteiger partial charge in [0.2, 0.25) is 0 Å². The van der Waals surface area contributed by atoms with Crippen LogP contribution in [0.4, 0.5) is 8.78 Å². The highest BCUT2D eigenvalue weighted by atomic mass is 19.3. The van der Waals surface area contributed by atoms with Gasteiger partial charge in [-0.15, -0.1) is 0 Å². The summed E-state index contributed by atoms with van der Waals surface area (Å²) in [7, 11) is 0. The van der Waals surface area contributed by atoms with Crippen LogP contribution in [0.5, 0.6) is 0 Å². The minimum atomic E-state index is -2.41. The molecule has 0 saturated carbocycles. The highest BCUT2D eigenvalue weighted by molar-refractivity contribution is 5.29. The van der Waals surface area contributed by atoms with Crippen molar-refractivity contribution in [1.82, 2.24) is 5.32 Å². The molecule has 0 radical (unpaired) electrons. The summed E-state index contributed by atoms with van der Waals surface area (Å²) in [5.41, 5.74) is 3.42. The van der Waals surface area contributed by atoms with Crippen molar-refractivity contribution in [3.8, 4) is 0 Å². The molecule has 2 rings (SSSR count). The quantitative estimate of drug-likeness (QED) is 0.827. The number of alkyl halides is 2. The topological polar surface area (TPSA) is 12.0 Å². The fourth-order valence-corrected chi connectivity index (χ4v) is 2.29. The molecule has 0 heterocycles. The van der Waals surface area contributed by atoms with Gasteiger partial charge in [0, 0.05) is 18.2 Å². The van der Waals surface area contributed by atoms with Crippen molar-refractivity contribution in [2.75, 3.05) is 0 Å². The van der Waals surface area contributed by atoms with E-state index in [1.807, 2.05) is 18.2 Å². The van der Waals surface area contributed by atoms with E-state index in [0.29, 0.717) is 6.54 Å². The molecule has 3 heteroatoms. The smallest absolute Gasteiger partial charge is 0.263 e. The van der Waals surface area contributed by atoms with Crippen LogP contribution in [-0.4, -0.2) is 0 Å². The third kappa shape index (κ3) is 3.64. The van der Waals surface area contributed by atoms with Crippen molar-refractivity contribution in [1.29, 1.82) is 0 Å². The summed E-state index contributed by atoms with van der Waals surface area (Å²) in [5, 5.41) is 3.38. The molecule has 0 bridgehead atoms. The largest absolute Gasteiger partial charge is 0.306 e. The van der Waals surface area contributed by atoms with Crippen LogP contribution >= 0.6 is 0 Å². The zero-order chi connectivity index (χ0) is 14.5. The zero-order valence-corrected chi connectivity index (χ0v) is 11.7. The minimum absolute atomic E-state index is 0.0767. The van der Waals surface area contributed by atoms with Crippen LogP contribution in [0.2, 0.25) is 0 Å². The lowest BCUT2D eigenvalue weighted by atomic mass is 10.0. The van der Waals surface area contributed by atoms with Crippen LogP contribution < -0.4 is 5.32 Å². The predicted octanol–water partition coefficient (Wildman–Crippen LogP) is 4.78. The summed E-state index contributed by atoms with van der Waals surface area (Å²) in [6.45, 7) is 4.74. The maximum absolute atomic E-state index is 12.6. The molecule has 0 aliphatic heterocycles. The fourth-order valence-electron chi connectivity index (χ4n) is 2.29. The first-order valence-corrected chi connectivity index (χ1v) is 6.74. The number of nitrogens with one attached hydrogen (secondary N) is 1. The third-order valence-corrected chi connectivity index (χ3v) is 3.47. The lowest BCUT2D eigenvalue weighted by Crippen LogP contribution is -2.18. The average molecular weight is 275 g/mol. The molecular weight excluding hydrogens is 256 g/mol. The van der Waals surface area contributed by atoms with Crippen molar-refractivity contribution >= 4 is 0 Å². The molecule has 1 nitrogen and oxygen atoms in total. The number of aryl methyl sites for hydroxylation is 1. The molecule has 0 unspecified atom stereocenters. The van der Waals surface area contributed by atoms with Gasteiger partial charge < -0.3 is 5.32 Å². The van der Waals surface area contributed by atoms with E-state index >= 15 is 0 Å². The molecule has 0 saturated heterocycles. The lowest BCUT2D eigenvalue weighted by molar-refractivity contribution is 0.151. The van der Waals surface area contributed by atoms with Crippen molar-refractivity contribution < 1.29 is 8.78 Å². The first-order chi connectivity index (χ1) is 9.58. The van der Waals surface area contributed by atoms with Gasteiger partial charge in [-0.2, -0.15) is 0 Å². The summed E-state index contributed by atoms with van der Waals surface area (Å²) < 4.78 is 25.3. The monoisotopic (exact) mass is 275 g/mol. The van der Waals surface area contributed by atoms with E-state index in [-0.39, 0.29) is 11.6 Å². The van der Waals surface area contributed by atoms with Crippen LogP contribution in [0.1, 0.15) is 41.6 Å². The molecule has 0 spiro atoms. The van der Waals surface area contributed by atoms with Crippen molar-refractivity contribution in [3.05, 3.63) is 70.8 Å². The molecule has 0 fully saturated rings.